The van der Waals surface area contributed by atoms with Gasteiger partial charge in [-0.05, 0) is 37.6 Å². The van der Waals surface area contributed by atoms with Gasteiger partial charge in [0.1, 0.15) is 5.82 Å². The van der Waals surface area contributed by atoms with Gasteiger partial charge in [0.2, 0.25) is 5.91 Å². The van der Waals surface area contributed by atoms with Crippen molar-refractivity contribution in [3.05, 3.63) is 65.5 Å². The molecule has 0 spiro atoms. The Hall–Kier alpha value is -2.73. The molecule has 6 heteroatoms. The van der Waals surface area contributed by atoms with Crippen molar-refractivity contribution in [2.75, 3.05) is 18.9 Å². The predicted molar refractivity (Wildman–Crippen MR) is 98.3 cm³/mol. The number of para-hydroxylation sites is 1. The van der Waals surface area contributed by atoms with Crippen LogP contribution in [0, 0.1) is 5.82 Å². The number of nitrogens with one attached hydrogen (secondary N) is 2. The van der Waals surface area contributed by atoms with E-state index in [-0.39, 0.29) is 23.7 Å². The molecule has 1 aliphatic heterocycles. The zero-order valence-electron chi connectivity index (χ0n) is 14.7. The van der Waals surface area contributed by atoms with E-state index in [0.29, 0.717) is 29.8 Å². The standard InChI is InChI=1S/C20H22FN3O2/c1-22-19(25)15-8-3-5-10-17(15)23-20(26)18-11-6-12-24(18)13-14-7-2-4-9-16(14)21/h2-5,7-10,18H,6,11-13H2,1H3,(H,22,25)(H,23,26). The van der Waals surface area contributed by atoms with Gasteiger partial charge in [-0.2, -0.15) is 0 Å². The van der Waals surface area contributed by atoms with Crippen LogP contribution < -0.4 is 10.6 Å². The summed E-state index contributed by atoms with van der Waals surface area (Å²) in [5, 5.41) is 5.43. The first-order valence-corrected chi connectivity index (χ1v) is 8.69. The molecule has 2 amide bonds. The highest BCUT2D eigenvalue weighted by atomic mass is 19.1. The Morgan fingerprint density at radius 2 is 1.88 bits per heavy atom. The summed E-state index contributed by atoms with van der Waals surface area (Å²) < 4.78 is 13.9. The molecule has 1 fully saturated rings. The molecule has 1 saturated heterocycles. The fourth-order valence-corrected chi connectivity index (χ4v) is 3.30. The molecular weight excluding hydrogens is 333 g/mol. The number of hydrogen-bond donors (Lipinski definition) is 2. The van der Waals surface area contributed by atoms with Crippen molar-refractivity contribution < 1.29 is 14.0 Å². The second kappa shape index (κ2) is 8.10. The van der Waals surface area contributed by atoms with Gasteiger partial charge >= 0.3 is 0 Å². The molecule has 136 valence electrons. The molecule has 1 aliphatic rings. The summed E-state index contributed by atoms with van der Waals surface area (Å²) in [4.78, 5) is 26.7. The van der Waals surface area contributed by atoms with Crippen molar-refractivity contribution >= 4 is 17.5 Å². The summed E-state index contributed by atoms with van der Waals surface area (Å²) in [6, 6.07) is 13.2. The van der Waals surface area contributed by atoms with Crippen LogP contribution in [0.3, 0.4) is 0 Å². The summed E-state index contributed by atoms with van der Waals surface area (Å²) in [5.74, 6) is -0.686. The van der Waals surface area contributed by atoms with Crippen LogP contribution in [-0.2, 0) is 11.3 Å². The molecule has 0 radical (unpaired) electrons. The molecule has 2 aromatic rings. The molecule has 0 aliphatic carbocycles. The van der Waals surface area contributed by atoms with Crippen molar-refractivity contribution in [3.8, 4) is 0 Å². The number of anilines is 1. The van der Waals surface area contributed by atoms with Gasteiger partial charge in [0.25, 0.3) is 5.91 Å². The van der Waals surface area contributed by atoms with Crippen molar-refractivity contribution in [3.63, 3.8) is 0 Å². The third kappa shape index (κ3) is 3.91. The van der Waals surface area contributed by atoms with Crippen LogP contribution in [0.15, 0.2) is 48.5 Å². The van der Waals surface area contributed by atoms with Gasteiger partial charge in [0, 0.05) is 19.2 Å². The first-order valence-electron chi connectivity index (χ1n) is 8.69. The number of hydrogen-bond acceptors (Lipinski definition) is 3. The monoisotopic (exact) mass is 355 g/mol. The van der Waals surface area contributed by atoms with E-state index < -0.39 is 0 Å². The molecule has 26 heavy (non-hydrogen) atoms. The van der Waals surface area contributed by atoms with E-state index >= 15 is 0 Å². The summed E-state index contributed by atoms with van der Waals surface area (Å²) in [6.45, 7) is 1.13. The quantitative estimate of drug-likeness (QED) is 0.867. The van der Waals surface area contributed by atoms with E-state index in [1.165, 1.54) is 6.07 Å². The number of amides is 2. The van der Waals surface area contributed by atoms with Crippen LogP contribution in [0.5, 0.6) is 0 Å². The van der Waals surface area contributed by atoms with Crippen LogP contribution >= 0.6 is 0 Å². The van der Waals surface area contributed by atoms with Gasteiger partial charge in [0.05, 0.1) is 17.3 Å². The lowest BCUT2D eigenvalue weighted by Gasteiger charge is -2.24. The lowest BCUT2D eigenvalue weighted by Crippen LogP contribution is -2.39. The SMILES string of the molecule is CNC(=O)c1ccccc1NC(=O)C1CCCN1Cc1ccccc1F. The van der Waals surface area contributed by atoms with Crippen molar-refractivity contribution in [2.45, 2.75) is 25.4 Å². The van der Waals surface area contributed by atoms with Crippen molar-refractivity contribution in [1.29, 1.82) is 0 Å². The summed E-state index contributed by atoms with van der Waals surface area (Å²) in [6.07, 6.45) is 1.59. The van der Waals surface area contributed by atoms with E-state index in [9.17, 15) is 14.0 Å². The highest BCUT2D eigenvalue weighted by Gasteiger charge is 2.31. The number of nitrogens with zero attached hydrogens (tertiary/aromatic N) is 1. The molecule has 1 unspecified atom stereocenters. The maximum atomic E-state index is 13.9. The first kappa shape index (κ1) is 18.1. The highest BCUT2D eigenvalue weighted by Crippen LogP contribution is 2.23. The lowest BCUT2D eigenvalue weighted by molar-refractivity contribution is -0.120. The average molecular weight is 355 g/mol. The molecule has 0 bridgehead atoms. The Labute approximate surface area is 152 Å². The van der Waals surface area contributed by atoms with E-state index in [1.807, 2.05) is 4.90 Å². The molecule has 2 N–H and O–H groups in total. The Kier molecular flexibility index (Phi) is 5.63. The van der Waals surface area contributed by atoms with Gasteiger partial charge in [0.15, 0.2) is 0 Å². The minimum atomic E-state index is -0.340. The van der Waals surface area contributed by atoms with E-state index in [1.54, 1.807) is 49.5 Å². The zero-order chi connectivity index (χ0) is 18.5. The van der Waals surface area contributed by atoms with Crippen LogP contribution in [0.2, 0.25) is 0 Å². The largest absolute Gasteiger partial charge is 0.355 e. The lowest BCUT2D eigenvalue weighted by atomic mass is 10.1. The molecule has 0 aromatic heterocycles. The summed E-state index contributed by atoms with van der Waals surface area (Å²) in [7, 11) is 1.55. The molecule has 0 saturated carbocycles. The van der Waals surface area contributed by atoms with Crippen LogP contribution in [0.25, 0.3) is 0 Å². The molecule has 1 heterocycles. The van der Waals surface area contributed by atoms with Gasteiger partial charge in [-0.3, -0.25) is 14.5 Å². The van der Waals surface area contributed by atoms with E-state index in [0.717, 1.165) is 13.0 Å². The van der Waals surface area contributed by atoms with Gasteiger partial charge < -0.3 is 10.6 Å². The Morgan fingerprint density at radius 1 is 1.15 bits per heavy atom. The molecular formula is C20H22FN3O2. The Balaban J connectivity index is 1.73. The van der Waals surface area contributed by atoms with Gasteiger partial charge in [-0.25, -0.2) is 4.39 Å². The maximum absolute atomic E-state index is 13.9. The normalized spacial score (nSPS) is 17.1. The third-order valence-electron chi connectivity index (χ3n) is 4.65. The van der Waals surface area contributed by atoms with Gasteiger partial charge in [-0.15, -0.1) is 0 Å². The fraction of sp³-hybridized carbons (Fsp3) is 0.300. The van der Waals surface area contributed by atoms with Crippen molar-refractivity contribution in [2.24, 2.45) is 0 Å². The number of carbonyl (C=O) groups excluding carboxylic acids is 2. The van der Waals surface area contributed by atoms with Crippen LogP contribution in [-0.4, -0.2) is 36.3 Å². The van der Waals surface area contributed by atoms with E-state index in [2.05, 4.69) is 10.6 Å². The average Bonchev–Trinajstić information content (AvgIpc) is 3.12. The fourth-order valence-electron chi connectivity index (χ4n) is 3.30. The topological polar surface area (TPSA) is 61.4 Å². The second-order valence-electron chi connectivity index (χ2n) is 6.33. The number of benzene rings is 2. The maximum Gasteiger partial charge on any atom is 0.253 e. The number of rotatable bonds is 5. The smallest absolute Gasteiger partial charge is 0.253 e. The Bertz CT molecular complexity index is 809. The van der Waals surface area contributed by atoms with E-state index in [4.69, 9.17) is 0 Å². The first-order chi connectivity index (χ1) is 12.6. The predicted octanol–water partition coefficient (Wildman–Crippen LogP) is 2.79. The zero-order valence-corrected chi connectivity index (χ0v) is 14.7. The Morgan fingerprint density at radius 3 is 2.65 bits per heavy atom. The number of halogens is 1. The highest BCUT2D eigenvalue weighted by molar-refractivity contribution is 6.04. The molecule has 5 nitrogen and oxygen atoms in total. The molecule has 3 rings (SSSR count). The van der Waals surface area contributed by atoms with Gasteiger partial charge in [-0.1, -0.05) is 30.3 Å². The van der Waals surface area contributed by atoms with Crippen molar-refractivity contribution in [1.82, 2.24) is 10.2 Å². The number of carbonyl (C=O) groups is 2. The molecule has 2 aromatic carbocycles. The third-order valence-corrected chi connectivity index (χ3v) is 4.65. The minimum Gasteiger partial charge on any atom is -0.355 e. The summed E-state index contributed by atoms with van der Waals surface area (Å²) >= 11 is 0. The second-order valence-corrected chi connectivity index (χ2v) is 6.33. The number of likely N-dealkylation sites (tertiary alicyclic amines) is 1. The van der Waals surface area contributed by atoms with Crippen LogP contribution in [0.1, 0.15) is 28.8 Å². The molecule has 1 atom stereocenters. The minimum absolute atomic E-state index is 0.171. The van der Waals surface area contributed by atoms with Crippen LogP contribution in [0.4, 0.5) is 10.1 Å². The summed E-state index contributed by atoms with van der Waals surface area (Å²) in [5.41, 5.74) is 1.48.